The van der Waals surface area contributed by atoms with Gasteiger partial charge in [-0.05, 0) is 59.4 Å². The molecule has 0 amide bonds. The number of para-hydroxylation sites is 1. The molecule has 7 heteroatoms. The summed E-state index contributed by atoms with van der Waals surface area (Å²) in [4.78, 5) is 19.9. The van der Waals surface area contributed by atoms with Crippen LogP contribution in [0.25, 0.3) is 11.8 Å². The fourth-order valence-corrected chi connectivity index (χ4v) is 7.13. The molecule has 1 aliphatic heterocycles. The molecular weight excluding hydrogens is 571 g/mol. The number of hydrogen-bond donors (Lipinski definition) is 0. The van der Waals surface area contributed by atoms with Crippen LogP contribution in [0, 0.1) is 0 Å². The number of halogens is 2. The molecule has 41 heavy (non-hydrogen) atoms. The van der Waals surface area contributed by atoms with E-state index in [1.807, 2.05) is 78.9 Å². The molecule has 1 unspecified atom stereocenters. The molecule has 0 spiro atoms. The Morgan fingerprint density at radius 2 is 1.71 bits per heavy atom. The molecule has 0 bridgehead atoms. The number of hydrogen-bond acceptors (Lipinski definition) is 4. The highest BCUT2D eigenvalue weighted by Gasteiger charge is 2.33. The number of allylic oxidation sites excluding steroid dienone is 1. The van der Waals surface area contributed by atoms with Crippen LogP contribution in [0.2, 0.25) is 10.0 Å². The summed E-state index contributed by atoms with van der Waals surface area (Å²) >= 11 is 14.4. The number of aryl methyl sites for hydroxylation is 1. The van der Waals surface area contributed by atoms with E-state index in [4.69, 9.17) is 32.9 Å². The van der Waals surface area contributed by atoms with Crippen LogP contribution in [0.1, 0.15) is 40.3 Å². The summed E-state index contributed by atoms with van der Waals surface area (Å²) in [5.41, 5.74) is 7.06. The first-order chi connectivity index (χ1) is 20.1. The van der Waals surface area contributed by atoms with Gasteiger partial charge in [-0.2, -0.15) is 0 Å². The van der Waals surface area contributed by atoms with Crippen LogP contribution in [0.15, 0.2) is 112 Å². The highest BCUT2D eigenvalue weighted by molar-refractivity contribution is 7.07. The number of nitrogens with zero attached hydrogens (tertiary/aromatic N) is 2. The van der Waals surface area contributed by atoms with Crippen LogP contribution in [0.5, 0.6) is 5.75 Å². The minimum atomic E-state index is -0.369. The maximum Gasteiger partial charge on any atom is 0.271 e. The van der Waals surface area contributed by atoms with Gasteiger partial charge in [-0.15, -0.1) is 0 Å². The zero-order valence-corrected chi connectivity index (χ0v) is 24.2. The molecule has 0 saturated heterocycles. The van der Waals surface area contributed by atoms with E-state index in [9.17, 15) is 4.79 Å². The van der Waals surface area contributed by atoms with Gasteiger partial charge in [0.25, 0.3) is 5.56 Å². The third kappa shape index (κ3) is 4.84. The predicted octanol–water partition coefficient (Wildman–Crippen LogP) is 7.20. The molecule has 0 N–H and O–H groups in total. The lowest BCUT2D eigenvalue weighted by Crippen LogP contribution is -2.38. The molecule has 1 atom stereocenters. The first kappa shape index (κ1) is 26.0. The summed E-state index contributed by atoms with van der Waals surface area (Å²) in [7, 11) is 0. The maximum absolute atomic E-state index is 14.1. The molecular formula is C34H24Cl2N2O2S. The molecule has 5 aromatic rings. The molecule has 2 heterocycles. The van der Waals surface area contributed by atoms with E-state index in [0.717, 1.165) is 46.4 Å². The molecule has 1 aromatic heterocycles. The lowest BCUT2D eigenvalue weighted by atomic mass is 9.83. The van der Waals surface area contributed by atoms with Crippen molar-refractivity contribution in [2.75, 3.05) is 0 Å². The smallest absolute Gasteiger partial charge is 0.271 e. The van der Waals surface area contributed by atoms with Crippen molar-refractivity contribution < 1.29 is 4.74 Å². The number of fused-ring (bicyclic) bond motifs is 3. The van der Waals surface area contributed by atoms with E-state index < -0.39 is 0 Å². The Balaban J connectivity index is 1.39. The van der Waals surface area contributed by atoms with Gasteiger partial charge in [-0.3, -0.25) is 9.36 Å². The summed E-state index contributed by atoms with van der Waals surface area (Å²) in [6.07, 6.45) is 3.57. The predicted molar refractivity (Wildman–Crippen MR) is 166 cm³/mol. The summed E-state index contributed by atoms with van der Waals surface area (Å²) in [6, 6.07) is 31.3. The van der Waals surface area contributed by atoms with Gasteiger partial charge in [0.1, 0.15) is 12.4 Å². The van der Waals surface area contributed by atoms with Gasteiger partial charge in [0.05, 0.1) is 16.3 Å². The average Bonchev–Trinajstić information content (AvgIpc) is 3.30. The van der Waals surface area contributed by atoms with Gasteiger partial charge in [-0.1, -0.05) is 113 Å². The van der Waals surface area contributed by atoms with Crippen LogP contribution in [-0.2, 0) is 13.0 Å². The van der Waals surface area contributed by atoms with E-state index >= 15 is 0 Å². The van der Waals surface area contributed by atoms with Crippen molar-refractivity contribution in [3.8, 4) is 5.75 Å². The highest BCUT2D eigenvalue weighted by atomic mass is 35.5. The van der Waals surface area contributed by atoms with Gasteiger partial charge < -0.3 is 4.74 Å². The number of thiazole rings is 1. The SMILES string of the molecule is O=c1/c(=C/c2ccccc2OCc2ccccc2)sc2n1C(c1ccc(Cl)cc1Cl)C1=C(N=2)c2ccccc2CC1. The van der Waals surface area contributed by atoms with Crippen LogP contribution in [0.3, 0.4) is 0 Å². The molecule has 4 nitrogen and oxygen atoms in total. The third-order valence-electron chi connectivity index (χ3n) is 7.57. The van der Waals surface area contributed by atoms with Gasteiger partial charge in [-0.25, -0.2) is 4.99 Å². The molecule has 0 radical (unpaired) electrons. The maximum atomic E-state index is 14.1. The number of aromatic nitrogens is 1. The topological polar surface area (TPSA) is 43.6 Å². The second kappa shape index (κ2) is 10.8. The minimum Gasteiger partial charge on any atom is -0.488 e. The molecule has 202 valence electrons. The van der Waals surface area contributed by atoms with E-state index in [1.165, 1.54) is 16.9 Å². The monoisotopic (exact) mass is 594 g/mol. The first-order valence-electron chi connectivity index (χ1n) is 13.4. The second-order valence-corrected chi connectivity index (χ2v) is 11.9. The van der Waals surface area contributed by atoms with E-state index in [2.05, 4.69) is 18.2 Å². The zero-order chi connectivity index (χ0) is 27.9. The van der Waals surface area contributed by atoms with Crippen molar-refractivity contribution in [3.63, 3.8) is 0 Å². The van der Waals surface area contributed by atoms with Gasteiger partial charge in [0, 0.05) is 21.2 Å². The largest absolute Gasteiger partial charge is 0.488 e. The standard InChI is InChI=1S/C34H24Cl2N2O2S/c35-24-15-17-26(28(36)19-24)32-27-16-14-22-10-4-6-12-25(22)31(27)37-34-38(32)33(39)30(41-34)18-23-11-5-7-13-29(23)40-20-21-8-2-1-3-9-21/h1-13,15,17-19,32H,14,16,20H2/b30-18-. The molecule has 7 rings (SSSR count). The summed E-state index contributed by atoms with van der Waals surface area (Å²) in [5, 5.41) is 1.09. The summed E-state index contributed by atoms with van der Waals surface area (Å²) in [6.45, 7) is 0.439. The lowest BCUT2D eigenvalue weighted by molar-refractivity contribution is 0.305. The molecule has 0 fully saturated rings. The Morgan fingerprint density at radius 1 is 0.927 bits per heavy atom. The number of rotatable bonds is 5. The summed E-state index contributed by atoms with van der Waals surface area (Å²) in [5.74, 6) is 0.715. The number of benzene rings is 4. The van der Waals surface area contributed by atoms with E-state index in [-0.39, 0.29) is 11.6 Å². The molecule has 0 saturated carbocycles. The minimum absolute atomic E-state index is 0.104. The molecule has 4 aromatic carbocycles. The Kier molecular flexibility index (Phi) is 6.87. The van der Waals surface area contributed by atoms with Crippen LogP contribution >= 0.6 is 34.5 Å². The first-order valence-corrected chi connectivity index (χ1v) is 15.0. The lowest BCUT2D eigenvalue weighted by Gasteiger charge is -2.31. The van der Waals surface area contributed by atoms with Crippen molar-refractivity contribution in [1.29, 1.82) is 0 Å². The van der Waals surface area contributed by atoms with Gasteiger partial charge in [0.15, 0.2) is 4.80 Å². The van der Waals surface area contributed by atoms with Crippen molar-refractivity contribution in [1.82, 2.24) is 4.57 Å². The quantitative estimate of drug-likeness (QED) is 0.216. The second-order valence-electron chi connectivity index (χ2n) is 10.1. The van der Waals surface area contributed by atoms with Gasteiger partial charge in [0.2, 0.25) is 0 Å². The fraction of sp³-hybridized carbons (Fsp3) is 0.118. The Hall–Kier alpha value is -3.90. The Morgan fingerprint density at radius 3 is 2.56 bits per heavy atom. The Bertz CT molecular complexity index is 2010. The van der Waals surface area contributed by atoms with Gasteiger partial charge >= 0.3 is 0 Å². The van der Waals surface area contributed by atoms with E-state index in [0.29, 0.717) is 31.7 Å². The van der Waals surface area contributed by atoms with E-state index in [1.54, 1.807) is 10.6 Å². The van der Waals surface area contributed by atoms with Crippen molar-refractivity contribution in [2.45, 2.75) is 25.5 Å². The Labute approximate surface area is 251 Å². The zero-order valence-electron chi connectivity index (χ0n) is 21.9. The molecule has 2 aliphatic rings. The van der Waals surface area contributed by atoms with Crippen LogP contribution < -0.4 is 19.6 Å². The van der Waals surface area contributed by atoms with Crippen molar-refractivity contribution in [3.05, 3.63) is 160 Å². The fourth-order valence-electron chi connectivity index (χ4n) is 5.63. The average molecular weight is 596 g/mol. The van der Waals surface area contributed by atoms with Crippen molar-refractivity contribution >= 4 is 46.3 Å². The van der Waals surface area contributed by atoms with Crippen LogP contribution in [0.4, 0.5) is 0 Å². The van der Waals surface area contributed by atoms with Crippen LogP contribution in [-0.4, -0.2) is 4.57 Å². The molecule has 1 aliphatic carbocycles. The summed E-state index contributed by atoms with van der Waals surface area (Å²) < 4.78 is 8.56. The normalized spacial score (nSPS) is 16.0. The number of ether oxygens (including phenoxy) is 1. The highest BCUT2D eigenvalue weighted by Crippen LogP contribution is 2.43. The van der Waals surface area contributed by atoms with Crippen molar-refractivity contribution in [2.24, 2.45) is 4.99 Å². The third-order valence-corrected chi connectivity index (χ3v) is 9.12.